The van der Waals surface area contributed by atoms with Gasteiger partial charge < -0.3 is 9.84 Å². The van der Waals surface area contributed by atoms with Crippen LogP contribution in [0.2, 0.25) is 0 Å². The molecule has 0 spiro atoms. The molecular weight excluding hydrogens is 124 g/mol. The van der Waals surface area contributed by atoms with E-state index in [1.807, 2.05) is 0 Å². The first-order chi connectivity index (χ1) is 4.29. The van der Waals surface area contributed by atoms with Gasteiger partial charge in [-0.05, 0) is 0 Å². The SMILES string of the molecule is O=C(O)Oc1cn[nH]c1. The molecule has 0 aliphatic rings. The number of hydrogen-bond donors (Lipinski definition) is 2. The van der Waals surface area contributed by atoms with Crippen LogP contribution in [0.5, 0.6) is 5.75 Å². The summed E-state index contributed by atoms with van der Waals surface area (Å²) in [7, 11) is 0. The fourth-order valence-corrected chi connectivity index (χ4v) is 0.396. The van der Waals surface area contributed by atoms with E-state index in [9.17, 15) is 4.79 Å². The van der Waals surface area contributed by atoms with Crippen LogP contribution < -0.4 is 4.74 Å². The molecule has 0 saturated heterocycles. The zero-order valence-electron chi connectivity index (χ0n) is 4.37. The van der Waals surface area contributed by atoms with Crippen molar-refractivity contribution in [3.63, 3.8) is 0 Å². The van der Waals surface area contributed by atoms with Gasteiger partial charge in [0.25, 0.3) is 0 Å². The van der Waals surface area contributed by atoms with Gasteiger partial charge in [-0.15, -0.1) is 0 Å². The number of carbonyl (C=O) groups is 1. The Morgan fingerprint density at radius 2 is 2.67 bits per heavy atom. The van der Waals surface area contributed by atoms with Gasteiger partial charge in [0.2, 0.25) is 0 Å². The fraction of sp³-hybridized carbons (Fsp3) is 0. The predicted octanol–water partition coefficient (Wildman–Crippen LogP) is 0.466. The van der Waals surface area contributed by atoms with Crippen LogP contribution in [0.4, 0.5) is 4.79 Å². The fourth-order valence-electron chi connectivity index (χ4n) is 0.396. The molecule has 1 rings (SSSR count). The third-order valence-corrected chi connectivity index (χ3v) is 0.678. The molecule has 5 nitrogen and oxygen atoms in total. The summed E-state index contributed by atoms with van der Waals surface area (Å²) in [4.78, 5) is 9.80. The number of aromatic nitrogens is 2. The highest BCUT2D eigenvalue weighted by Gasteiger charge is 1.98. The van der Waals surface area contributed by atoms with Crippen molar-refractivity contribution in [3.05, 3.63) is 12.4 Å². The molecule has 0 bridgehead atoms. The number of carboxylic acid groups (broad SMARTS) is 1. The third kappa shape index (κ3) is 1.45. The summed E-state index contributed by atoms with van der Waals surface area (Å²) in [6, 6.07) is 0. The van der Waals surface area contributed by atoms with E-state index in [4.69, 9.17) is 5.11 Å². The Morgan fingerprint density at radius 3 is 3.11 bits per heavy atom. The smallest absolute Gasteiger partial charge is 0.449 e. The van der Waals surface area contributed by atoms with E-state index in [1.54, 1.807) is 0 Å². The lowest BCUT2D eigenvalue weighted by atomic mass is 10.7. The van der Waals surface area contributed by atoms with Gasteiger partial charge in [0.05, 0.1) is 12.4 Å². The molecule has 5 heteroatoms. The summed E-state index contributed by atoms with van der Waals surface area (Å²) >= 11 is 0. The van der Waals surface area contributed by atoms with E-state index in [2.05, 4.69) is 14.9 Å². The van der Waals surface area contributed by atoms with Crippen molar-refractivity contribution >= 4 is 6.16 Å². The van der Waals surface area contributed by atoms with Crippen molar-refractivity contribution in [1.82, 2.24) is 10.2 Å². The molecule has 9 heavy (non-hydrogen) atoms. The summed E-state index contributed by atoms with van der Waals surface area (Å²) in [6.45, 7) is 0. The molecule has 48 valence electrons. The largest absolute Gasteiger partial charge is 0.511 e. The molecule has 0 fully saturated rings. The van der Waals surface area contributed by atoms with Crippen LogP contribution >= 0.6 is 0 Å². The van der Waals surface area contributed by atoms with Crippen LogP contribution in [0.25, 0.3) is 0 Å². The van der Waals surface area contributed by atoms with Crippen LogP contribution in [0.3, 0.4) is 0 Å². The maximum atomic E-state index is 9.80. The highest BCUT2D eigenvalue weighted by atomic mass is 16.7. The van der Waals surface area contributed by atoms with Crippen molar-refractivity contribution in [2.75, 3.05) is 0 Å². The normalized spacial score (nSPS) is 8.89. The Morgan fingerprint density at radius 1 is 1.89 bits per heavy atom. The van der Waals surface area contributed by atoms with E-state index in [1.165, 1.54) is 12.4 Å². The van der Waals surface area contributed by atoms with Crippen molar-refractivity contribution < 1.29 is 14.6 Å². The summed E-state index contributed by atoms with van der Waals surface area (Å²) in [5.74, 6) is 0.197. The lowest BCUT2D eigenvalue weighted by Gasteiger charge is -1.89. The van der Waals surface area contributed by atoms with Gasteiger partial charge >= 0.3 is 6.16 Å². The van der Waals surface area contributed by atoms with Crippen molar-refractivity contribution in [1.29, 1.82) is 0 Å². The minimum Gasteiger partial charge on any atom is -0.449 e. The molecule has 1 aromatic heterocycles. The number of H-pyrrole nitrogens is 1. The quantitative estimate of drug-likeness (QED) is 0.539. The first-order valence-electron chi connectivity index (χ1n) is 2.18. The summed E-state index contributed by atoms with van der Waals surface area (Å²) in [5, 5.41) is 13.9. The molecule has 1 aromatic rings. The molecule has 0 saturated carbocycles. The standard InChI is InChI=1S/C4H4N2O3/c7-4(8)9-3-1-5-6-2-3/h1-2H,(H,5,6)(H,7,8). The Hall–Kier alpha value is -1.52. The number of hydrogen-bond acceptors (Lipinski definition) is 3. The van der Waals surface area contributed by atoms with Gasteiger partial charge in [-0.1, -0.05) is 0 Å². The van der Waals surface area contributed by atoms with E-state index in [-0.39, 0.29) is 5.75 Å². The van der Waals surface area contributed by atoms with Crippen LogP contribution in [0.1, 0.15) is 0 Å². The molecule has 0 atom stereocenters. The summed E-state index contributed by atoms with van der Waals surface area (Å²) in [6.07, 6.45) is 1.28. The van der Waals surface area contributed by atoms with Gasteiger partial charge in [0, 0.05) is 0 Å². The second kappa shape index (κ2) is 2.17. The predicted molar refractivity (Wildman–Crippen MR) is 27.2 cm³/mol. The van der Waals surface area contributed by atoms with E-state index < -0.39 is 6.16 Å². The van der Waals surface area contributed by atoms with E-state index in [0.29, 0.717) is 0 Å². The minimum atomic E-state index is -1.34. The number of nitrogens with one attached hydrogen (secondary N) is 1. The lowest BCUT2D eigenvalue weighted by Crippen LogP contribution is -2.01. The first-order valence-corrected chi connectivity index (χ1v) is 2.18. The third-order valence-electron chi connectivity index (χ3n) is 0.678. The van der Waals surface area contributed by atoms with Gasteiger partial charge in [-0.25, -0.2) is 4.79 Å². The van der Waals surface area contributed by atoms with Crippen molar-refractivity contribution in [3.8, 4) is 5.75 Å². The van der Waals surface area contributed by atoms with Crippen molar-refractivity contribution in [2.45, 2.75) is 0 Å². The molecule has 0 aliphatic carbocycles. The maximum Gasteiger partial charge on any atom is 0.511 e. The average molecular weight is 128 g/mol. The van der Waals surface area contributed by atoms with Gasteiger partial charge in [-0.2, -0.15) is 5.10 Å². The van der Waals surface area contributed by atoms with Crippen LogP contribution in [-0.2, 0) is 0 Å². The molecule has 0 radical (unpaired) electrons. The molecule has 0 aromatic carbocycles. The zero-order chi connectivity index (χ0) is 6.69. The topological polar surface area (TPSA) is 75.2 Å². The van der Waals surface area contributed by atoms with Crippen molar-refractivity contribution in [2.24, 2.45) is 0 Å². The number of rotatable bonds is 1. The maximum absolute atomic E-state index is 9.80. The summed E-state index contributed by atoms with van der Waals surface area (Å²) < 4.78 is 4.18. The number of ether oxygens (including phenoxy) is 1. The van der Waals surface area contributed by atoms with Crippen LogP contribution in [0, 0.1) is 0 Å². The zero-order valence-corrected chi connectivity index (χ0v) is 4.37. The lowest BCUT2D eigenvalue weighted by molar-refractivity contribution is 0.144. The Kier molecular flexibility index (Phi) is 1.35. The van der Waals surface area contributed by atoms with Gasteiger partial charge in [0.1, 0.15) is 0 Å². The van der Waals surface area contributed by atoms with Gasteiger partial charge in [0.15, 0.2) is 5.75 Å². The first kappa shape index (κ1) is 5.61. The second-order valence-electron chi connectivity index (χ2n) is 1.30. The Bertz CT molecular complexity index is 194. The minimum absolute atomic E-state index is 0.197. The van der Waals surface area contributed by atoms with Crippen LogP contribution in [-0.4, -0.2) is 21.5 Å². The average Bonchev–Trinajstić information content (AvgIpc) is 2.15. The highest BCUT2D eigenvalue weighted by molar-refractivity contribution is 5.60. The second-order valence-corrected chi connectivity index (χ2v) is 1.30. The Balaban J connectivity index is 2.58. The van der Waals surface area contributed by atoms with Crippen LogP contribution in [0.15, 0.2) is 12.4 Å². The Labute approximate surface area is 50.3 Å². The molecular formula is C4H4N2O3. The monoisotopic (exact) mass is 128 g/mol. The molecule has 1 heterocycles. The van der Waals surface area contributed by atoms with Gasteiger partial charge in [-0.3, -0.25) is 5.10 Å². The number of nitrogens with zero attached hydrogens (tertiary/aromatic N) is 1. The molecule has 0 amide bonds. The molecule has 0 unspecified atom stereocenters. The van der Waals surface area contributed by atoms with E-state index >= 15 is 0 Å². The summed E-state index contributed by atoms with van der Waals surface area (Å²) in [5.41, 5.74) is 0. The molecule has 2 N–H and O–H groups in total. The van der Waals surface area contributed by atoms with E-state index in [0.717, 1.165) is 0 Å². The molecule has 0 aliphatic heterocycles. The number of aromatic amines is 1. The highest BCUT2D eigenvalue weighted by Crippen LogP contribution is 2.03.